The molecule has 0 bridgehead atoms. The number of carboxylic acid groups (broad SMARTS) is 1. The smallest absolute Gasteiger partial charge is 0.320 e. The Labute approximate surface area is 161 Å². The highest BCUT2D eigenvalue weighted by Crippen LogP contribution is 2.36. The fraction of sp³-hybridized carbons (Fsp3) is 0.316. The van der Waals surface area contributed by atoms with Crippen LogP contribution in [0.1, 0.15) is 13.3 Å². The molecular weight excluding hydrogens is 377 g/mol. The van der Waals surface area contributed by atoms with E-state index in [0.717, 1.165) is 9.79 Å². The quantitative estimate of drug-likeness (QED) is 0.641. The Balaban J connectivity index is 2.00. The van der Waals surface area contributed by atoms with E-state index in [0.29, 0.717) is 18.8 Å². The molecule has 0 aliphatic carbocycles. The van der Waals surface area contributed by atoms with Crippen molar-refractivity contribution in [3.63, 3.8) is 0 Å². The number of benzene rings is 2. The van der Waals surface area contributed by atoms with E-state index in [9.17, 15) is 9.18 Å². The lowest BCUT2D eigenvalue weighted by atomic mass is 9.99. The maximum Gasteiger partial charge on any atom is 0.320 e. The number of hydrogen-bond acceptors (Lipinski definition) is 4. The Hall–Kier alpha value is -1.76. The minimum Gasteiger partial charge on any atom is -0.492 e. The predicted octanol–water partition coefficient (Wildman–Crippen LogP) is 4.71. The number of halogens is 2. The molecule has 2 N–H and O–H groups in total. The Bertz CT molecular complexity index is 759. The van der Waals surface area contributed by atoms with Gasteiger partial charge in [0.1, 0.15) is 17.6 Å². The third kappa shape index (κ3) is 5.62. The van der Waals surface area contributed by atoms with Crippen LogP contribution in [0, 0.1) is 11.7 Å². The number of para-hydroxylation sites is 1. The summed E-state index contributed by atoms with van der Waals surface area (Å²) in [5.41, 5.74) is 0. The molecule has 0 aromatic heterocycles. The van der Waals surface area contributed by atoms with Gasteiger partial charge in [-0.25, -0.2) is 4.39 Å². The highest BCUT2D eigenvalue weighted by Gasteiger charge is 2.22. The van der Waals surface area contributed by atoms with Gasteiger partial charge in [0.05, 0.1) is 16.5 Å². The van der Waals surface area contributed by atoms with Crippen LogP contribution >= 0.6 is 23.4 Å². The standard InChI is InChI=1S/C19H21ClFNO3S/c1-12(18(22-2)19(23)24)9-10-25-16-5-3-4-6-17(16)26-13-7-8-15(21)14(20)11-13/h3-8,11-12,18,22H,9-10H2,1-2H3,(H,23,24). The maximum absolute atomic E-state index is 13.3. The number of carbonyl (C=O) groups is 1. The van der Waals surface area contributed by atoms with E-state index in [-0.39, 0.29) is 10.9 Å². The highest BCUT2D eigenvalue weighted by molar-refractivity contribution is 7.99. The van der Waals surface area contributed by atoms with Crippen molar-refractivity contribution < 1.29 is 19.0 Å². The van der Waals surface area contributed by atoms with Gasteiger partial charge in [0.2, 0.25) is 0 Å². The van der Waals surface area contributed by atoms with E-state index >= 15 is 0 Å². The molecule has 0 amide bonds. The molecule has 2 aromatic rings. The van der Waals surface area contributed by atoms with Crippen molar-refractivity contribution in [2.45, 2.75) is 29.2 Å². The van der Waals surface area contributed by atoms with Crippen LogP contribution in [0.25, 0.3) is 0 Å². The number of nitrogens with one attached hydrogen (secondary N) is 1. The van der Waals surface area contributed by atoms with Crippen LogP contribution in [-0.2, 0) is 4.79 Å². The van der Waals surface area contributed by atoms with Crippen molar-refractivity contribution in [1.29, 1.82) is 0 Å². The maximum atomic E-state index is 13.3. The Morgan fingerprint density at radius 1 is 1.35 bits per heavy atom. The number of hydrogen-bond donors (Lipinski definition) is 2. The zero-order valence-corrected chi connectivity index (χ0v) is 16.1. The van der Waals surface area contributed by atoms with Crippen molar-refractivity contribution in [2.75, 3.05) is 13.7 Å². The van der Waals surface area contributed by atoms with E-state index in [2.05, 4.69) is 5.32 Å². The second-order valence-electron chi connectivity index (χ2n) is 5.84. The summed E-state index contributed by atoms with van der Waals surface area (Å²) in [5, 5.41) is 12.0. The van der Waals surface area contributed by atoms with Crippen molar-refractivity contribution in [1.82, 2.24) is 5.32 Å². The number of likely N-dealkylation sites (N-methyl/N-ethyl adjacent to an activating group) is 1. The average molecular weight is 398 g/mol. The number of rotatable bonds is 9. The minimum absolute atomic E-state index is 0.0757. The topological polar surface area (TPSA) is 58.6 Å². The van der Waals surface area contributed by atoms with Crippen LogP contribution in [0.3, 0.4) is 0 Å². The van der Waals surface area contributed by atoms with Crippen LogP contribution in [0.15, 0.2) is 52.3 Å². The van der Waals surface area contributed by atoms with Crippen LogP contribution in [0.4, 0.5) is 4.39 Å². The first kappa shape index (κ1) is 20.6. The van der Waals surface area contributed by atoms with Crippen molar-refractivity contribution in [3.8, 4) is 5.75 Å². The fourth-order valence-corrected chi connectivity index (χ4v) is 3.68. The molecule has 0 aliphatic rings. The molecule has 0 saturated carbocycles. The van der Waals surface area contributed by atoms with Gasteiger partial charge in [-0.2, -0.15) is 0 Å². The summed E-state index contributed by atoms with van der Waals surface area (Å²) < 4.78 is 19.2. The molecule has 2 unspecified atom stereocenters. The van der Waals surface area contributed by atoms with E-state index in [1.165, 1.54) is 17.8 Å². The molecule has 2 aromatic carbocycles. The third-order valence-electron chi connectivity index (χ3n) is 3.94. The molecule has 0 radical (unpaired) electrons. The molecule has 2 atom stereocenters. The lowest BCUT2D eigenvalue weighted by molar-refractivity contribution is -0.140. The first-order chi connectivity index (χ1) is 12.4. The lowest BCUT2D eigenvalue weighted by Gasteiger charge is -2.20. The monoisotopic (exact) mass is 397 g/mol. The summed E-state index contributed by atoms with van der Waals surface area (Å²) in [7, 11) is 1.63. The summed E-state index contributed by atoms with van der Waals surface area (Å²) in [4.78, 5) is 12.9. The SMILES string of the molecule is CNC(C(=O)O)C(C)CCOc1ccccc1Sc1ccc(F)c(Cl)c1. The van der Waals surface area contributed by atoms with Gasteiger partial charge in [0.25, 0.3) is 0 Å². The van der Waals surface area contributed by atoms with E-state index in [1.807, 2.05) is 31.2 Å². The molecule has 7 heteroatoms. The average Bonchev–Trinajstić information content (AvgIpc) is 2.60. The summed E-state index contributed by atoms with van der Waals surface area (Å²) >= 11 is 7.26. The summed E-state index contributed by atoms with van der Waals surface area (Å²) in [6.45, 7) is 2.27. The highest BCUT2D eigenvalue weighted by atomic mass is 35.5. The van der Waals surface area contributed by atoms with Gasteiger partial charge in [0, 0.05) is 4.90 Å². The Kier molecular flexibility index (Phi) is 7.75. The zero-order valence-electron chi connectivity index (χ0n) is 14.5. The molecular formula is C19H21ClFNO3S. The zero-order chi connectivity index (χ0) is 19.1. The van der Waals surface area contributed by atoms with E-state index < -0.39 is 17.8 Å². The van der Waals surface area contributed by atoms with Gasteiger partial charge in [-0.05, 0) is 49.7 Å². The third-order valence-corrected chi connectivity index (χ3v) is 5.28. The Morgan fingerprint density at radius 2 is 2.08 bits per heavy atom. The normalized spacial score (nSPS) is 13.2. The summed E-state index contributed by atoms with van der Waals surface area (Å²) in [6.07, 6.45) is 0.596. The second kappa shape index (κ2) is 9.80. The van der Waals surface area contributed by atoms with Gasteiger partial charge in [-0.3, -0.25) is 4.79 Å². The molecule has 0 heterocycles. The molecule has 0 fully saturated rings. The molecule has 2 rings (SSSR count). The Morgan fingerprint density at radius 3 is 2.73 bits per heavy atom. The molecule has 4 nitrogen and oxygen atoms in total. The predicted molar refractivity (Wildman–Crippen MR) is 102 cm³/mol. The number of carboxylic acids is 1. The largest absolute Gasteiger partial charge is 0.492 e. The molecule has 0 spiro atoms. The van der Waals surface area contributed by atoms with Gasteiger partial charge in [0.15, 0.2) is 0 Å². The molecule has 0 saturated heterocycles. The molecule has 0 aliphatic heterocycles. The summed E-state index contributed by atoms with van der Waals surface area (Å²) in [6, 6.07) is 11.5. The minimum atomic E-state index is -0.871. The first-order valence-electron chi connectivity index (χ1n) is 8.17. The molecule has 140 valence electrons. The van der Waals surface area contributed by atoms with E-state index in [1.54, 1.807) is 19.2 Å². The van der Waals surface area contributed by atoms with Crippen LogP contribution in [0.2, 0.25) is 5.02 Å². The van der Waals surface area contributed by atoms with E-state index in [4.69, 9.17) is 21.4 Å². The lowest BCUT2D eigenvalue weighted by Crippen LogP contribution is -2.40. The number of aliphatic carboxylic acids is 1. The number of ether oxygens (including phenoxy) is 1. The van der Waals surface area contributed by atoms with Crippen molar-refractivity contribution in [3.05, 3.63) is 53.3 Å². The van der Waals surface area contributed by atoms with Gasteiger partial charge in [-0.15, -0.1) is 0 Å². The van der Waals surface area contributed by atoms with Crippen molar-refractivity contribution >= 4 is 29.3 Å². The fourth-order valence-electron chi connectivity index (χ4n) is 2.49. The summed E-state index contributed by atoms with van der Waals surface area (Å²) in [5.74, 6) is -0.703. The molecule has 26 heavy (non-hydrogen) atoms. The van der Waals surface area contributed by atoms with Crippen molar-refractivity contribution in [2.24, 2.45) is 5.92 Å². The van der Waals surface area contributed by atoms with Gasteiger partial charge >= 0.3 is 5.97 Å². The first-order valence-corrected chi connectivity index (χ1v) is 9.36. The van der Waals surface area contributed by atoms with Crippen LogP contribution in [-0.4, -0.2) is 30.8 Å². The second-order valence-corrected chi connectivity index (χ2v) is 7.37. The van der Waals surface area contributed by atoms with Crippen LogP contribution in [0.5, 0.6) is 5.75 Å². The van der Waals surface area contributed by atoms with Gasteiger partial charge < -0.3 is 15.2 Å². The van der Waals surface area contributed by atoms with Gasteiger partial charge in [-0.1, -0.05) is 42.4 Å². The van der Waals surface area contributed by atoms with Crippen LogP contribution < -0.4 is 10.1 Å².